The number of rotatable bonds is 7. The van der Waals surface area contributed by atoms with Crippen molar-refractivity contribution in [2.75, 3.05) is 46.3 Å². The number of guanidine groups is 1. The molecule has 10 heteroatoms. The summed E-state index contributed by atoms with van der Waals surface area (Å²) in [5.41, 5.74) is 0.864. The summed E-state index contributed by atoms with van der Waals surface area (Å²) in [6.45, 7) is 8.28. The fourth-order valence-electron chi connectivity index (χ4n) is 3.37. The lowest BCUT2D eigenvalue weighted by molar-refractivity contribution is -0.123. The van der Waals surface area contributed by atoms with Crippen LogP contribution < -0.4 is 10.6 Å². The predicted molar refractivity (Wildman–Crippen MR) is 121 cm³/mol. The minimum Gasteiger partial charge on any atom is -0.356 e. The molecule has 1 aromatic heterocycles. The molecule has 2 aromatic rings. The van der Waals surface area contributed by atoms with Gasteiger partial charge in [-0.15, -0.1) is 0 Å². The van der Waals surface area contributed by atoms with Crippen LogP contribution in [0.3, 0.4) is 0 Å². The number of amides is 1. The van der Waals surface area contributed by atoms with E-state index in [-0.39, 0.29) is 11.9 Å². The first-order valence-electron chi connectivity index (χ1n) is 10.5. The van der Waals surface area contributed by atoms with Crippen LogP contribution >= 0.6 is 11.6 Å². The van der Waals surface area contributed by atoms with Gasteiger partial charge in [0.2, 0.25) is 17.6 Å². The van der Waals surface area contributed by atoms with Gasteiger partial charge in [-0.3, -0.25) is 14.7 Å². The number of nitrogens with one attached hydrogen (secondary N) is 2. The van der Waals surface area contributed by atoms with Crippen molar-refractivity contribution >= 4 is 23.5 Å². The van der Waals surface area contributed by atoms with E-state index in [0.29, 0.717) is 36.2 Å². The molecule has 3 rings (SSSR count). The van der Waals surface area contributed by atoms with Gasteiger partial charge in [0.05, 0.1) is 6.54 Å². The second kappa shape index (κ2) is 11.1. The molecule has 1 aromatic carbocycles. The predicted octanol–water partition coefficient (Wildman–Crippen LogP) is 1.65. The lowest BCUT2D eigenvalue weighted by Crippen LogP contribution is -2.54. The van der Waals surface area contributed by atoms with Crippen LogP contribution in [0.5, 0.6) is 0 Å². The second-order valence-electron chi connectivity index (χ2n) is 7.73. The number of hydrogen-bond acceptors (Lipinski definition) is 6. The highest BCUT2D eigenvalue weighted by atomic mass is 35.5. The van der Waals surface area contributed by atoms with Gasteiger partial charge in [0, 0.05) is 62.8 Å². The van der Waals surface area contributed by atoms with E-state index in [1.807, 2.05) is 26.0 Å². The summed E-state index contributed by atoms with van der Waals surface area (Å²) in [5, 5.41) is 11.0. The van der Waals surface area contributed by atoms with Crippen molar-refractivity contribution in [3.05, 3.63) is 35.2 Å². The first-order valence-corrected chi connectivity index (χ1v) is 10.9. The number of aliphatic imine (C=N–C) groups is 1. The van der Waals surface area contributed by atoms with E-state index in [0.717, 1.165) is 37.7 Å². The van der Waals surface area contributed by atoms with Crippen LogP contribution in [-0.4, -0.2) is 84.2 Å². The summed E-state index contributed by atoms with van der Waals surface area (Å²) in [6.07, 6.45) is 0.592. The Kier molecular flexibility index (Phi) is 8.25. The fourth-order valence-corrected chi connectivity index (χ4v) is 3.50. The van der Waals surface area contributed by atoms with Crippen LogP contribution in [0, 0.1) is 0 Å². The van der Waals surface area contributed by atoms with Crippen LogP contribution in [0.4, 0.5) is 0 Å². The maximum atomic E-state index is 11.9. The Hall–Kier alpha value is -2.65. The third kappa shape index (κ3) is 6.93. The summed E-state index contributed by atoms with van der Waals surface area (Å²) in [4.78, 5) is 25.1. The molecule has 0 spiro atoms. The van der Waals surface area contributed by atoms with Gasteiger partial charge in [-0.2, -0.15) is 4.98 Å². The number of piperazine rings is 1. The Labute approximate surface area is 187 Å². The molecular weight excluding hydrogens is 418 g/mol. The van der Waals surface area contributed by atoms with Gasteiger partial charge in [0.25, 0.3) is 0 Å². The average molecular weight is 448 g/mol. The number of halogens is 1. The van der Waals surface area contributed by atoms with Gasteiger partial charge in [-0.1, -0.05) is 16.8 Å². The monoisotopic (exact) mass is 447 g/mol. The molecule has 31 heavy (non-hydrogen) atoms. The summed E-state index contributed by atoms with van der Waals surface area (Å²) in [6, 6.07) is 7.49. The number of carbonyl (C=O) groups is 1. The van der Waals surface area contributed by atoms with Gasteiger partial charge in [-0.05, 0) is 38.1 Å². The molecule has 9 nitrogen and oxygen atoms in total. The van der Waals surface area contributed by atoms with Crippen molar-refractivity contribution in [3.8, 4) is 11.4 Å². The molecular formula is C21H30ClN7O2. The van der Waals surface area contributed by atoms with E-state index >= 15 is 0 Å². The first kappa shape index (κ1) is 23.0. The molecule has 0 bridgehead atoms. The van der Waals surface area contributed by atoms with Crippen molar-refractivity contribution in [2.24, 2.45) is 4.99 Å². The molecule has 1 amide bonds. The average Bonchev–Trinajstić information content (AvgIpc) is 3.21. The summed E-state index contributed by atoms with van der Waals surface area (Å²) in [5.74, 6) is 2.02. The molecule has 1 fully saturated rings. The van der Waals surface area contributed by atoms with Crippen LogP contribution in [0.2, 0.25) is 5.02 Å². The smallest absolute Gasteiger partial charge is 0.234 e. The first-order chi connectivity index (χ1) is 14.9. The maximum Gasteiger partial charge on any atom is 0.234 e. The van der Waals surface area contributed by atoms with Gasteiger partial charge < -0.3 is 20.1 Å². The maximum absolute atomic E-state index is 11.9. The summed E-state index contributed by atoms with van der Waals surface area (Å²) >= 11 is 5.92. The lowest BCUT2D eigenvalue weighted by atomic mass is 10.2. The zero-order chi connectivity index (χ0) is 22.2. The third-order valence-corrected chi connectivity index (χ3v) is 5.14. The summed E-state index contributed by atoms with van der Waals surface area (Å²) in [7, 11) is 1.77. The van der Waals surface area contributed by atoms with E-state index in [4.69, 9.17) is 16.1 Å². The van der Waals surface area contributed by atoms with Gasteiger partial charge in [0.1, 0.15) is 0 Å². The van der Waals surface area contributed by atoms with Gasteiger partial charge >= 0.3 is 0 Å². The standard InChI is InChI=1S/C21H30ClN7O2/c1-15(2)25-18(30)14-28-10-12-29(13-11-28)21(23-3)24-9-8-19-26-20(27-31-19)16-4-6-17(22)7-5-16/h4-7,15H,8-14H2,1-3H3,(H,23,24)(H,25,30). The minimum absolute atomic E-state index is 0.0727. The Bertz CT molecular complexity index is 874. The highest BCUT2D eigenvalue weighted by Crippen LogP contribution is 2.18. The highest BCUT2D eigenvalue weighted by molar-refractivity contribution is 6.30. The van der Waals surface area contributed by atoms with Crippen LogP contribution in [0.1, 0.15) is 19.7 Å². The van der Waals surface area contributed by atoms with Gasteiger partial charge in [-0.25, -0.2) is 0 Å². The SMILES string of the molecule is CN=C(NCCc1nc(-c2ccc(Cl)cc2)no1)N1CCN(CC(=O)NC(C)C)CC1. The molecule has 0 atom stereocenters. The molecule has 2 N–H and O–H groups in total. The molecule has 0 unspecified atom stereocenters. The van der Waals surface area contributed by atoms with E-state index in [1.165, 1.54) is 0 Å². The van der Waals surface area contributed by atoms with E-state index in [2.05, 4.69) is 35.6 Å². The highest BCUT2D eigenvalue weighted by Gasteiger charge is 2.21. The minimum atomic E-state index is 0.0727. The quantitative estimate of drug-likeness (QED) is 0.491. The Morgan fingerprint density at radius 3 is 2.58 bits per heavy atom. The van der Waals surface area contributed by atoms with Gasteiger partial charge in [0.15, 0.2) is 5.96 Å². The number of aromatic nitrogens is 2. The Morgan fingerprint density at radius 1 is 1.23 bits per heavy atom. The normalized spacial score (nSPS) is 15.4. The molecule has 1 aliphatic rings. The lowest BCUT2D eigenvalue weighted by Gasteiger charge is -2.36. The Balaban J connectivity index is 1.42. The van der Waals surface area contributed by atoms with Crippen LogP contribution in [0.25, 0.3) is 11.4 Å². The zero-order valence-corrected chi connectivity index (χ0v) is 19.0. The summed E-state index contributed by atoms with van der Waals surface area (Å²) < 4.78 is 5.36. The second-order valence-corrected chi connectivity index (χ2v) is 8.16. The number of nitrogens with zero attached hydrogens (tertiary/aromatic N) is 5. The van der Waals surface area contributed by atoms with E-state index < -0.39 is 0 Å². The number of hydrogen-bond donors (Lipinski definition) is 2. The molecule has 1 aliphatic heterocycles. The fraction of sp³-hybridized carbons (Fsp3) is 0.524. The van der Waals surface area contributed by atoms with E-state index in [9.17, 15) is 4.79 Å². The molecule has 2 heterocycles. The Morgan fingerprint density at radius 2 is 1.94 bits per heavy atom. The van der Waals surface area contributed by atoms with Crippen molar-refractivity contribution in [3.63, 3.8) is 0 Å². The topological polar surface area (TPSA) is 98.9 Å². The van der Waals surface area contributed by atoms with Crippen LogP contribution in [0.15, 0.2) is 33.8 Å². The number of benzene rings is 1. The van der Waals surface area contributed by atoms with E-state index in [1.54, 1.807) is 19.2 Å². The molecule has 168 valence electrons. The third-order valence-electron chi connectivity index (χ3n) is 4.89. The molecule has 1 saturated heterocycles. The van der Waals surface area contributed by atoms with Crippen molar-refractivity contribution < 1.29 is 9.32 Å². The van der Waals surface area contributed by atoms with Crippen molar-refractivity contribution in [1.82, 2.24) is 30.6 Å². The zero-order valence-electron chi connectivity index (χ0n) is 18.3. The molecule has 0 aliphatic carbocycles. The van der Waals surface area contributed by atoms with Crippen molar-refractivity contribution in [1.29, 1.82) is 0 Å². The van der Waals surface area contributed by atoms with Crippen LogP contribution in [-0.2, 0) is 11.2 Å². The van der Waals surface area contributed by atoms with Crippen molar-refractivity contribution in [2.45, 2.75) is 26.3 Å². The molecule has 0 radical (unpaired) electrons. The largest absolute Gasteiger partial charge is 0.356 e. The number of carbonyl (C=O) groups excluding carboxylic acids is 1. The molecule has 0 saturated carbocycles.